The van der Waals surface area contributed by atoms with Crippen LogP contribution in [0.25, 0.3) is 21.7 Å². The highest BCUT2D eigenvalue weighted by Crippen LogP contribution is 2.53. The van der Waals surface area contributed by atoms with Crippen molar-refractivity contribution in [3.8, 4) is 11.5 Å². The maximum Gasteiger partial charge on any atom is 0.183 e. The first kappa shape index (κ1) is 15.9. The van der Waals surface area contributed by atoms with Gasteiger partial charge in [0.2, 0.25) is 0 Å². The Bertz CT molecular complexity index is 1010. The summed E-state index contributed by atoms with van der Waals surface area (Å²) in [6.45, 7) is 2.27. The maximum atomic E-state index is 5.09. The van der Waals surface area contributed by atoms with Crippen LogP contribution in [0.15, 0.2) is 18.6 Å². The Hall–Kier alpha value is -2.08. The molecule has 1 aliphatic heterocycles. The summed E-state index contributed by atoms with van der Waals surface area (Å²) in [5.74, 6) is 1.88. The fourth-order valence-corrected chi connectivity index (χ4v) is 6.13. The zero-order chi connectivity index (χ0) is 17.8. The fourth-order valence-electron chi connectivity index (χ4n) is 4.87. The molecule has 0 unspecified atom stereocenters. The van der Waals surface area contributed by atoms with Gasteiger partial charge in [-0.05, 0) is 62.3 Å². The minimum absolute atomic E-state index is 0.568. The van der Waals surface area contributed by atoms with E-state index in [2.05, 4.69) is 14.9 Å². The van der Waals surface area contributed by atoms with Crippen molar-refractivity contribution >= 4 is 27.4 Å². The van der Waals surface area contributed by atoms with Gasteiger partial charge in [0.1, 0.15) is 16.3 Å². The SMILES string of the molecule is c1cnc(-c2nc(N3CCCC4(CC4)C3)c3c4c(sc3n2)CCCC4)cn1. The monoisotopic (exact) mass is 377 g/mol. The third-order valence-corrected chi connectivity index (χ3v) is 7.69. The van der Waals surface area contributed by atoms with E-state index in [4.69, 9.17) is 9.97 Å². The van der Waals surface area contributed by atoms with E-state index in [9.17, 15) is 0 Å². The van der Waals surface area contributed by atoms with E-state index in [1.165, 1.54) is 67.2 Å². The molecule has 5 nitrogen and oxygen atoms in total. The van der Waals surface area contributed by atoms with Crippen LogP contribution in [0.3, 0.4) is 0 Å². The predicted octanol–water partition coefficient (Wildman–Crippen LogP) is 4.41. The van der Waals surface area contributed by atoms with E-state index in [0.717, 1.165) is 35.3 Å². The number of rotatable bonds is 2. The molecule has 3 aromatic heterocycles. The largest absolute Gasteiger partial charge is 0.355 e. The van der Waals surface area contributed by atoms with Crippen LogP contribution in [0.2, 0.25) is 0 Å². The summed E-state index contributed by atoms with van der Waals surface area (Å²) >= 11 is 1.88. The summed E-state index contributed by atoms with van der Waals surface area (Å²) in [7, 11) is 0. The fraction of sp³-hybridized carbons (Fsp3) is 0.524. The maximum absolute atomic E-state index is 5.09. The molecular formula is C21H23N5S. The molecule has 0 bridgehead atoms. The van der Waals surface area contributed by atoms with Crippen LogP contribution in [-0.4, -0.2) is 33.0 Å². The Morgan fingerprint density at radius 1 is 1.00 bits per heavy atom. The molecule has 2 fully saturated rings. The Balaban J connectivity index is 1.55. The molecule has 2 aliphatic carbocycles. The van der Waals surface area contributed by atoms with E-state index in [0.29, 0.717) is 5.41 Å². The molecule has 1 saturated heterocycles. The predicted molar refractivity (Wildman–Crippen MR) is 108 cm³/mol. The highest BCUT2D eigenvalue weighted by atomic mass is 32.1. The van der Waals surface area contributed by atoms with Gasteiger partial charge in [-0.2, -0.15) is 0 Å². The van der Waals surface area contributed by atoms with E-state index in [-0.39, 0.29) is 0 Å². The first-order valence-electron chi connectivity index (χ1n) is 10.2. The van der Waals surface area contributed by atoms with Gasteiger partial charge in [-0.3, -0.25) is 4.98 Å². The number of thiophene rings is 1. The number of nitrogens with zero attached hydrogens (tertiary/aromatic N) is 5. The third-order valence-electron chi connectivity index (χ3n) is 6.51. The lowest BCUT2D eigenvalue weighted by molar-refractivity contribution is 0.394. The molecule has 6 heteroatoms. The van der Waals surface area contributed by atoms with Crippen molar-refractivity contribution in [3.05, 3.63) is 29.0 Å². The molecule has 27 heavy (non-hydrogen) atoms. The Morgan fingerprint density at radius 2 is 1.93 bits per heavy atom. The van der Waals surface area contributed by atoms with Gasteiger partial charge in [-0.25, -0.2) is 15.0 Å². The Kier molecular flexibility index (Phi) is 3.52. The molecular weight excluding hydrogens is 354 g/mol. The average Bonchev–Trinajstić information content (AvgIpc) is 3.35. The molecule has 3 aromatic rings. The lowest BCUT2D eigenvalue weighted by Gasteiger charge is -2.34. The topological polar surface area (TPSA) is 54.8 Å². The van der Waals surface area contributed by atoms with E-state index < -0.39 is 0 Å². The molecule has 4 heterocycles. The van der Waals surface area contributed by atoms with E-state index in [1.807, 2.05) is 11.3 Å². The summed E-state index contributed by atoms with van der Waals surface area (Å²) < 4.78 is 0. The van der Waals surface area contributed by atoms with Gasteiger partial charge in [0, 0.05) is 30.4 Å². The van der Waals surface area contributed by atoms with E-state index >= 15 is 0 Å². The van der Waals surface area contributed by atoms with Gasteiger partial charge in [0.25, 0.3) is 0 Å². The minimum Gasteiger partial charge on any atom is -0.355 e. The van der Waals surface area contributed by atoms with Crippen molar-refractivity contribution < 1.29 is 0 Å². The molecule has 0 atom stereocenters. The first-order valence-corrected chi connectivity index (χ1v) is 11.0. The Morgan fingerprint density at radius 3 is 2.78 bits per heavy atom. The zero-order valence-corrected chi connectivity index (χ0v) is 16.3. The van der Waals surface area contributed by atoms with Crippen molar-refractivity contribution in [2.24, 2.45) is 5.41 Å². The molecule has 3 aliphatic rings. The summed E-state index contributed by atoms with van der Waals surface area (Å²) in [5, 5.41) is 1.33. The van der Waals surface area contributed by atoms with Crippen LogP contribution >= 0.6 is 11.3 Å². The third kappa shape index (κ3) is 2.64. The molecule has 0 amide bonds. The molecule has 1 saturated carbocycles. The van der Waals surface area contributed by atoms with Crippen LogP contribution in [0, 0.1) is 5.41 Å². The second kappa shape index (κ2) is 5.96. The molecule has 138 valence electrons. The van der Waals surface area contributed by atoms with Gasteiger partial charge in [-0.1, -0.05) is 0 Å². The van der Waals surface area contributed by atoms with Gasteiger partial charge in [-0.15, -0.1) is 11.3 Å². The summed E-state index contributed by atoms with van der Waals surface area (Å²) in [4.78, 5) is 23.9. The first-order chi connectivity index (χ1) is 13.3. The van der Waals surface area contributed by atoms with Crippen molar-refractivity contribution in [2.45, 2.75) is 51.4 Å². The van der Waals surface area contributed by atoms with Crippen LogP contribution in [0.1, 0.15) is 49.0 Å². The molecule has 0 N–H and O–H groups in total. The van der Waals surface area contributed by atoms with Crippen molar-refractivity contribution in [1.29, 1.82) is 0 Å². The average molecular weight is 378 g/mol. The number of hydrogen-bond donors (Lipinski definition) is 0. The van der Waals surface area contributed by atoms with Crippen molar-refractivity contribution in [1.82, 2.24) is 19.9 Å². The van der Waals surface area contributed by atoms with Gasteiger partial charge < -0.3 is 4.90 Å². The number of aryl methyl sites for hydroxylation is 2. The Labute approximate surface area is 162 Å². The number of piperidine rings is 1. The molecule has 0 aromatic carbocycles. The highest BCUT2D eigenvalue weighted by molar-refractivity contribution is 7.19. The van der Waals surface area contributed by atoms with Crippen LogP contribution in [0.4, 0.5) is 5.82 Å². The van der Waals surface area contributed by atoms with Crippen LogP contribution in [0.5, 0.6) is 0 Å². The van der Waals surface area contributed by atoms with Crippen molar-refractivity contribution in [2.75, 3.05) is 18.0 Å². The number of hydrogen-bond acceptors (Lipinski definition) is 6. The lowest BCUT2D eigenvalue weighted by Crippen LogP contribution is -2.37. The second-order valence-corrected chi connectivity index (χ2v) is 9.46. The number of aromatic nitrogens is 4. The van der Waals surface area contributed by atoms with E-state index in [1.54, 1.807) is 18.6 Å². The highest BCUT2D eigenvalue weighted by Gasteiger charge is 2.46. The molecule has 0 radical (unpaired) electrons. The summed E-state index contributed by atoms with van der Waals surface area (Å²) in [6.07, 6.45) is 15.6. The number of fused-ring (bicyclic) bond motifs is 3. The summed E-state index contributed by atoms with van der Waals surface area (Å²) in [5.41, 5.74) is 2.86. The quantitative estimate of drug-likeness (QED) is 0.662. The van der Waals surface area contributed by atoms with Crippen LogP contribution in [-0.2, 0) is 12.8 Å². The van der Waals surface area contributed by atoms with Gasteiger partial charge >= 0.3 is 0 Å². The van der Waals surface area contributed by atoms with Crippen LogP contribution < -0.4 is 4.90 Å². The van der Waals surface area contributed by atoms with Gasteiger partial charge in [0.05, 0.1) is 11.6 Å². The number of anilines is 1. The standard InChI is InChI=1S/C21H23N5S/c1-2-5-16-14(4-1)17-19(26-11-3-6-21(13-26)7-8-21)24-18(25-20(17)27-16)15-12-22-9-10-23-15/h9-10,12H,1-8,11,13H2. The van der Waals surface area contributed by atoms with Gasteiger partial charge in [0.15, 0.2) is 5.82 Å². The normalized spacial score (nSPS) is 20.8. The molecule has 6 rings (SSSR count). The minimum atomic E-state index is 0.568. The smallest absolute Gasteiger partial charge is 0.183 e. The molecule has 1 spiro atoms. The summed E-state index contributed by atoms with van der Waals surface area (Å²) in [6, 6.07) is 0. The second-order valence-electron chi connectivity index (χ2n) is 8.38. The van der Waals surface area contributed by atoms with Crippen molar-refractivity contribution in [3.63, 3.8) is 0 Å². The lowest BCUT2D eigenvalue weighted by atomic mass is 9.93. The zero-order valence-electron chi connectivity index (χ0n) is 15.4.